The van der Waals surface area contributed by atoms with E-state index in [1.54, 1.807) is 17.6 Å². The lowest BCUT2D eigenvalue weighted by molar-refractivity contribution is 0.440. The number of furan rings is 1. The zero-order valence-corrected chi connectivity index (χ0v) is 12.8. The van der Waals surface area contributed by atoms with Crippen molar-refractivity contribution in [3.63, 3.8) is 0 Å². The lowest BCUT2D eigenvalue weighted by Crippen LogP contribution is -2.32. The largest absolute Gasteiger partial charge is 0.469 e. The first kappa shape index (κ1) is 14.1. The van der Waals surface area contributed by atoms with Gasteiger partial charge in [-0.3, -0.25) is 0 Å². The van der Waals surface area contributed by atoms with Crippen LogP contribution in [0.4, 0.5) is 0 Å². The van der Waals surface area contributed by atoms with Crippen molar-refractivity contribution in [3.8, 4) is 0 Å². The van der Waals surface area contributed by atoms with Crippen molar-refractivity contribution in [1.29, 1.82) is 0 Å². The minimum absolute atomic E-state index is 0.233. The van der Waals surface area contributed by atoms with Crippen molar-refractivity contribution in [2.24, 2.45) is 0 Å². The Bertz CT molecular complexity index is 631. The van der Waals surface area contributed by atoms with Gasteiger partial charge in [-0.05, 0) is 36.1 Å². The molecular formula is C18H19NOS. The first-order valence-electron chi connectivity index (χ1n) is 7.19. The molecule has 0 bridgehead atoms. The van der Waals surface area contributed by atoms with Crippen LogP contribution in [0.1, 0.15) is 29.2 Å². The molecule has 0 saturated carbocycles. The molecule has 0 spiro atoms. The highest BCUT2D eigenvalue weighted by Gasteiger charge is 2.18. The summed E-state index contributed by atoms with van der Waals surface area (Å²) in [6.07, 6.45) is 2.62. The molecule has 2 atom stereocenters. The van der Waals surface area contributed by atoms with Gasteiger partial charge in [0.15, 0.2) is 0 Å². The number of hydrogen-bond acceptors (Lipinski definition) is 3. The number of hydrogen-bond donors (Lipinski definition) is 1. The molecule has 1 N–H and O–H groups in total. The summed E-state index contributed by atoms with van der Waals surface area (Å²) in [5.74, 6) is 1.02. The molecule has 0 aliphatic carbocycles. The second-order valence-corrected chi connectivity index (χ2v) is 6.19. The molecule has 2 unspecified atom stereocenters. The van der Waals surface area contributed by atoms with Gasteiger partial charge in [-0.25, -0.2) is 0 Å². The van der Waals surface area contributed by atoms with Crippen LogP contribution in [0.25, 0.3) is 0 Å². The zero-order chi connectivity index (χ0) is 14.5. The van der Waals surface area contributed by atoms with Crippen LogP contribution in [-0.2, 0) is 6.42 Å². The van der Waals surface area contributed by atoms with Crippen LogP contribution in [0.3, 0.4) is 0 Å². The van der Waals surface area contributed by atoms with Crippen molar-refractivity contribution in [2.75, 3.05) is 0 Å². The van der Waals surface area contributed by atoms with E-state index < -0.39 is 0 Å². The molecule has 2 aromatic heterocycles. The van der Waals surface area contributed by atoms with Gasteiger partial charge < -0.3 is 9.73 Å². The fraction of sp³-hybridized carbons (Fsp3) is 0.222. The maximum atomic E-state index is 5.44. The summed E-state index contributed by atoms with van der Waals surface area (Å²) in [7, 11) is 0. The number of rotatable bonds is 6. The van der Waals surface area contributed by atoms with Crippen molar-refractivity contribution in [3.05, 3.63) is 82.4 Å². The van der Waals surface area contributed by atoms with Crippen molar-refractivity contribution in [1.82, 2.24) is 5.32 Å². The maximum absolute atomic E-state index is 5.44. The standard InChI is InChI=1S/C18H19NOS/c1-14(13-16-9-5-11-20-16)19-18(17-10-6-12-21-17)15-7-3-2-4-8-15/h2-12,14,18-19H,13H2,1H3. The summed E-state index contributed by atoms with van der Waals surface area (Å²) in [5.41, 5.74) is 1.30. The fourth-order valence-electron chi connectivity index (χ4n) is 2.52. The van der Waals surface area contributed by atoms with Gasteiger partial charge in [-0.2, -0.15) is 0 Å². The van der Waals surface area contributed by atoms with Gasteiger partial charge in [0.1, 0.15) is 5.76 Å². The SMILES string of the molecule is CC(Cc1ccco1)NC(c1ccccc1)c1cccs1. The third-order valence-electron chi connectivity index (χ3n) is 3.50. The smallest absolute Gasteiger partial charge is 0.105 e. The van der Waals surface area contributed by atoms with Crippen LogP contribution in [0.5, 0.6) is 0 Å². The third-order valence-corrected chi connectivity index (χ3v) is 4.44. The van der Waals surface area contributed by atoms with E-state index in [2.05, 4.69) is 60.1 Å². The molecule has 21 heavy (non-hydrogen) atoms. The lowest BCUT2D eigenvalue weighted by atomic mass is 10.0. The minimum Gasteiger partial charge on any atom is -0.469 e. The van der Waals surface area contributed by atoms with E-state index in [1.807, 2.05) is 12.1 Å². The molecule has 1 aromatic carbocycles. The highest BCUT2D eigenvalue weighted by Crippen LogP contribution is 2.26. The molecule has 0 fully saturated rings. The van der Waals surface area contributed by atoms with E-state index >= 15 is 0 Å². The van der Waals surface area contributed by atoms with E-state index in [4.69, 9.17) is 4.42 Å². The third kappa shape index (κ3) is 3.63. The predicted molar refractivity (Wildman–Crippen MR) is 87.6 cm³/mol. The van der Waals surface area contributed by atoms with E-state index in [1.165, 1.54) is 10.4 Å². The summed E-state index contributed by atoms with van der Waals surface area (Å²) in [5, 5.41) is 5.85. The Morgan fingerprint density at radius 1 is 1.05 bits per heavy atom. The molecule has 0 radical (unpaired) electrons. The van der Waals surface area contributed by atoms with Gasteiger partial charge in [0.25, 0.3) is 0 Å². The second-order valence-electron chi connectivity index (χ2n) is 5.21. The normalized spacial score (nSPS) is 14.0. The minimum atomic E-state index is 0.233. The molecular weight excluding hydrogens is 278 g/mol. The van der Waals surface area contributed by atoms with Crippen LogP contribution in [0.2, 0.25) is 0 Å². The number of benzene rings is 1. The van der Waals surface area contributed by atoms with Crippen LogP contribution >= 0.6 is 11.3 Å². The molecule has 3 aromatic rings. The molecule has 2 heterocycles. The number of nitrogens with one attached hydrogen (secondary N) is 1. The zero-order valence-electron chi connectivity index (χ0n) is 12.0. The fourth-order valence-corrected chi connectivity index (χ4v) is 3.33. The lowest BCUT2D eigenvalue weighted by Gasteiger charge is -2.22. The summed E-state index contributed by atoms with van der Waals surface area (Å²) in [6, 6.07) is 19.4. The summed E-state index contributed by atoms with van der Waals surface area (Å²) in [4.78, 5) is 1.34. The maximum Gasteiger partial charge on any atom is 0.105 e. The van der Waals surface area contributed by atoms with E-state index in [0.717, 1.165) is 12.2 Å². The Hall–Kier alpha value is -1.84. The summed E-state index contributed by atoms with van der Waals surface area (Å²) >= 11 is 1.79. The molecule has 3 heteroatoms. The first-order chi connectivity index (χ1) is 10.3. The number of thiophene rings is 1. The molecule has 2 nitrogen and oxygen atoms in total. The van der Waals surface area contributed by atoms with Crippen LogP contribution in [-0.4, -0.2) is 6.04 Å². The first-order valence-corrected chi connectivity index (χ1v) is 8.07. The van der Waals surface area contributed by atoms with E-state index in [-0.39, 0.29) is 6.04 Å². The van der Waals surface area contributed by atoms with Crippen molar-refractivity contribution >= 4 is 11.3 Å². The topological polar surface area (TPSA) is 25.2 Å². The van der Waals surface area contributed by atoms with E-state index in [0.29, 0.717) is 6.04 Å². The molecule has 0 aliphatic rings. The Balaban J connectivity index is 1.77. The van der Waals surface area contributed by atoms with Gasteiger partial charge in [-0.1, -0.05) is 36.4 Å². The Morgan fingerprint density at radius 2 is 1.90 bits per heavy atom. The van der Waals surface area contributed by atoms with Crippen molar-refractivity contribution in [2.45, 2.75) is 25.4 Å². The van der Waals surface area contributed by atoms with Crippen LogP contribution < -0.4 is 5.32 Å². The molecule has 0 aliphatic heterocycles. The van der Waals surface area contributed by atoms with Crippen LogP contribution in [0, 0.1) is 0 Å². The highest BCUT2D eigenvalue weighted by atomic mass is 32.1. The molecule has 108 valence electrons. The van der Waals surface area contributed by atoms with Crippen LogP contribution in [0.15, 0.2) is 70.7 Å². The highest BCUT2D eigenvalue weighted by molar-refractivity contribution is 7.10. The molecule has 0 saturated heterocycles. The average Bonchev–Trinajstić information content (AvgIpc) is 3.19. The van der Waals surface area contributed by atoms with Gasteiger partial charge in [0.2, 0.25) is 0 Å². The molecule has 0 amide bonds. The van der Waals surface area contributed by atoms with Gasteiger partial charge >= 0.3 is 0 Å². The van der Waals surface area contributed by atoms with E-state index in [9.17, 15) is 0 Å². The molecule has 3 rings (SSSR count). The van der Waals surface area contributed by atoms with Gasteiger partial charge in [0.05, 0.1) is 12.3 Å². The van der Waals surface area contributed by atoms with Gasteiger partial charge in [0, 0.05) is 17.3 Å². The Kier molecular flexibility index (Phi) is 4.53. The monoisotopic (exact) mass is 297 g/mol. The summed E-state index contributed by atoms with van der Waals surface area (Å²) < 4.78 is 5.44. The van der Waals surface area contributed by atoms with Crippen molar-refractivity contribution < 1.29 is 4.42 Å². The quantitative estimate of drug-likeness (QED) is 0.716. The Labute approximate surface area is 129 Å². The Morgan fingerprint density at radius 3 is 2.57 bits per heavy atom. The predicted octanol–water partition coefficient (Wildman–Crippen LogP) is 4.65. The van der Waals surface area contributed by atoms with Gasteiger partial charge in [-0.15, -0.1) is 11.3 Å². The average molecular weight is 297 g/mol. The summed E-state index contributed by atoms with van der Waals surface area (Å²) in [6.45, 7) is 2.20. The second kappa shape index (κ2) is 6.74.